The molecule has 0 spiro atoms. The van der Waals surface area contributed by atoms with Gasteiger partial charge < -0.3 is 19.9 Å². The first-order valence-corrected chi connectivity index (χ1v) is 14.7. The molecule has 6 nitrogen and oxygen atoms in total. The highest BCUT2D eigenvalue weighted by Crippen LogP contribution is 2.64. The van der Waals surface area contributed by atoms with Crippen molar-refractivity contribution in [1.82, 2.24) is 5.32 Å². The van der Waals surface area contributed by atoms with E-state index in [1.54, 1.807) is 30.3 Å². The molecule has 3 atom stereocenters. The molecular weight excluding hydrogens is 604 g/mol. The van der Waals surface area contributed by atoms with Gasteiger partial charge in [-0.15, -0.1) is 0 Å². The Bertz CT molecular complexity index is 1590. The molecule has 4 fully saturated rings. The Morgan fingerprint density at radius 1 is 0.911 bits per heavy atom. The molecule has 4 bridgehead atoms. The van der Waals surface area contributed by atoms with Crippen LogP contribution in [0, 0.1) is 17.3 Å². The van der Waals surface area contributed by atoms with Crippen molar-refractivity contribution >= 4 is 22.6 Å². The number of ether oxygens (including phenoxy) is 2. The minimum absolute atomic E-state index is 0.0125. The van der Waals surface area contributed by atoms with Gasteiger partial charge in [0.25, 0.3) is 5.91 Å². The minimum atomic E-state index is -4.52. The van der Waals surface area contributed by atoms with E-state index in [4.69, 9.17) is 9.47 Å². The van der Waals surface area contributed by atoms with Crippen molar-refractivity contribution in [2.75, 3.05) is 6.61 Å². The number of carboxylic acids is 1. The van der Waals surface area contributed by atoms with E-state index in [2.05, 4.69) is 5.32 Å². The lowest BCUT2D eigenvalue weighted by atomic mass is 9.46. The molecule has 45 heavy (non-hydrogen) atoms. The van der Waals surface area contributed by atoms with Gasteiger partial charge in [-0.2, -0.15) is 26.3 Å². The number of hydrogen-bond acceptors (Lipinski definition) is 4. The second kappa shape index (κ2) is 11.2. The maximum Gasteiger partial charge on any atom is 0.416 e. The Hall–Kier alpha value is -3.80. The number of alkyl halides is 6. The number of carbonyl (C=O) groups excluding carboxylic acids is 1. The van der Waals surface area contributed by atoms with Crippen molar-refractivity contribution < 1.29 is 50.5 Å². The number of amides is 1. The molecule has 4 saturated carbocycles. The van der Waals surface area contributed by atoms with Gasteiger partial charge in [0.15, 0.2) is 0 Å². The van der Waals surface area contributed by atoms with E-state index in [0.717, 1.165) is 23.9 Å². The van der Waals surface area contributed by atoms with Crippen LogP contribution >= 0.6 is 0 Å². The fraction of sp³-hybridized carbons (Fsp3) is 0.455. The van der Waals surface area contributed by atoms with Crippen LogP contribution in [0.4, 0.5) is 26.3 Å². The lowest BCUT2D eigenvalue weighted by Crippen LogP contribution is -2.65. The topological polar surface area (TPSA) is 84.9 Å². The van der Waals surface area contributed by atoms with Crippen LogP contribution in [0.3, 0.4) is 0 Å². The molecule has 0 aliphatic heterocycles. The lowest BCUT2D eigenvalue weighted by Gasteiger charge is -2.63. The summed E-state index contributed by atoms with van der Waals surface area (Å²) in [5.74, 6) is -1.92. The van der Waals surface area contributed by atoms with Gasteiger partial charge in [0.2, 0.25) is 0 Å². The molecule has 0 saturated heterocycles. The van der Waals surface area contributed by atoms with E-state index < -0.39 is 53.5 Å². The molecule has 240 valence electrons. The molecular formula is C33H31F6NO5. The summed E-state index contributed by atoms with van der Waals surface area (Å²) < 4.78 is 90.0. The molecule has 12 heteroatoms. The number of rotatable bonds is 9. The second-order valence-electron chi connectivity index (χ2n) is 12.8. The van der Waals surface area contributed by atoms with Crippen molar-refractivity contribution in [1.29, 1.82) is 0 Å². The molecule has 2 unspecified atom stereocenters. The molecule has 3 aromatic carbocycles. The third kappa shape index (κ3) is 6.34. The number of nitrogens with one attached hydrogen (secondary N) is 1. The average molecular weight is 636 g/mol. The molecule has 2 N–H and O–H groups in total. The van der Waals surface area contributed by atoms with Crippen molar-refractivity contribution in [3.8, 4) is 5.75 Å². The molecule has 7 rings (SSSR count). The van der Waals surface area contributed by atoms with E-state index >= 15 is 0 Å². The quantitative estimate of drug-likeness (QED) is 0.238. The van der Waals surface area contributed by atoms with Crippen molar-refractivity contribution in [2.45, 2.75) is 69.1 Å². The highest BCUT2D eigenvalue weighted by molar-refractivity contribution is 6.05. The third-order valence-corrected chi connectivity index (χ3v) is 9.52. The number of carbonyl (C=O) groups is 2. The Morgan fingerprint density at radius 2 is 1.58 bits per heavy atom. The summed E-state index contributed by atoms with van der Waals surface area (Å²) in [6.07, 6.45) is -6.39. The number of carboxylic acid groups (broad SMARTS) is 1. The van der Waals surface area contributed by atoms with Crippen LogP contribution in [0.15, 0.2) is 60.7 Å². The van der Waals surface area contributed by atoms with Gasteiger partial charge in [-0.1, -0.05) is 42.5 Å². The zero-order chi connectivity index (χ0) is 32.2. The van der Waals surface area contributed by atoms with Gasteiger partial charge in [-0.25, -0.2) is 4.79 Å². The zero-order valence-corrected chi connectivity index (χ0v) is 24.0. The SMILES string of the molecule is O=C(N[C@H](C(=O)O)C12CC3CC(CC(OCC(F)(F)F)(C3)C1)C2)c1ccc2ccccc2c1OCc1ccc(C(F)(F)F)cc1. The number of hydrogen-bond donors (Lipinski definition) is 2. The Morgan fingerprint density at radius 3 is 2.20 bits per heavy atom. The summed E-state index contributed by atoms with van der Waals surface area (Å²) in [6.45, 7) is -1.58. The van der Waals surface area contributed by atoms with E-state index in [1.807, 2.05) is 0 Å². The lowest BCUT2D eigenvalue weighted by molar-refractivity contribution is -0.252. The minimum Gasteiger partial charge on any atom is -0.487 e. The van der Waals surface area contributed by atoms with Gasteiger partial charge >= 0.3 is 18.3 Å². The summed E-state index contributed by atoms with van der Waals surface area (Å²) in [6, 6.07) is 13.2. The third-order valence-electron chi connectivity index (χ3n) is 9.52. The summed E-state index contributed by atoms with van der Waals surface area (Å²) in [4.78, 5) is 26.6. The van der Waals surface area contributed by atoms with E-state index in [-0.39, 0.29) is 36.2 Å². The van der Waals surface area contributed by atoms with E-state index in [0.29, 0.717) is 36.6 Å². The monoisotopic (exact) mass is 635 g/mol. The largest absolute Gasteiger partial charge is 0.487 e. The smallest absolute Gasteiger partial charge is 0.416 e. The van der Waals surface area contributed by atoms with Crippen LogP contribution in [0.25, 0.3) is 10.8 Å². The zero-order valence-electron chi connectivity index (χ0n) is 24.0. The number of aliphatic carboxylic acids is 1. The summed E-state index contributed by atoms with van der Waals surface area (Å²) in [5.41, 5.74) is -2.46. The van der Waals surface area contributed by atoms with Crippen LogP contribution in [0.2, 0.25) is 0 Å². The summed E-state index contributed by atoms with van der Waals surface area (Å²) in [5, 5.41) is 14.3. The van der Waals surface area contributed by atoms with Crippen LogP contribution in [0.5, 0.6) is 5.75 Å². The molecule has 0 radical (unpaired) electrons. The maximum absolute atomic E-state index is 13.9. The van der Waals surface area contributed by atoms with Crippen molar-refractivity contribution in [3.05, 3.63) is 77.4 Å². The van der Waals surface area contributed by atoms with E-state index in [1.165, 1.54) is 18.2 Å². The predicted molar refractivity (Wildman–Crippen MR) is 150 cm³/mol. The number of fused-ring (bicyclic) bond motifs is 1. The van der Waals surface area contributed by atoms with Gasteiger partial charge in [0.05, 0.1) is 16.7 Å². The first kappa shape index (κ1) is 31.2. The Kier molecular flexibility index (Phi) is 7.78. The standard InChI is InChI=1S/C33H31F6NO5/c34-32(35,36)18-45-31-14-20-11-21(15-31)13-30(12-20,17-31)27(29(42)43)40-28(41)25-10-7-22-3-1-2-4-24(22)26(25)44-16-19-5-8-23(9-6-19)33(37,38)39/h1-10,20-21,27H,11-18H2,(H,40,41)(H,42,43)/t20?,21?,27-,30?,31?/m1/s1. The van der Waals surface area contributed by atoms with Gasteiger partial charge in [-0.05, 0) is 79.5 Å². The first-order valence-electron chi connectivity index (χ1n) is 14.7. The normalized spacial score (nSPS) is 26.5. The second-order valence-corrected chi connectivity index (χ2v) is 12.8. The van der Waals surface area contributed by atoms with E-state index in [9.17, 15) is 41.0 Å². The van der Waals surface area contributed by atoms with Crippen LogP contribution in [-0.4, -0.2) is 41.4 Å². The molecule has 1 amide bonds. The molecule has 4 aliphatic rings. The number of benzene rings is 3. The maximum atomic E-state index is 13.9. The van der Waals surface area contributed by atoms with Crippen LogP contribution in [0.1, 0.15) is 60.0 Å². The highest BCUT2D eigenvalue weighted by Gasteiger charge is 2.63. The molecule has 0 aromatic heterocycles. The van der Waals surface area contributed by atoms with Crippen molar-refractivity contribution in [3.63, 3.8) is 0 Å². The molecule has 4 aliphatic carbocycles. The Labute approximate surface area is 254 Å². The molecule has 3 aromatic rings. The first-order chi connectivity index (χ1) is 21.2. The summed E-state index contributed by atoms with van der Waals surface area (Å²) >= 11 is 0. The fourth-order valence-electron chi connectivity index (χ4n) is 8.20. The fourth-order valence-corrected chi connectivity index (χ4v) is 8.20. The van der Waals surface area contributed by atoms with Gasteiger partial charge in [0.1, 0.15) is 25.0 Å². The average Bonchev–Trinajstić information content (AvgIpc) is 2.96. The van der Waals surface area contributed by atoms with Crippen molar-refractivity contribution in [2.24, 2.45) is 17.3 Å². The number of halogens is 6. The van der Waals surface area contributed by atoms with Gasteiger partial charge in [0, 0.05) is 10.8 Å². The van der Waals surface area contributed by atoms with Gasteiger partial charge in [-0.3, -0.25) is 4.79 Å². The molecule has 0 heterocycles. The summed E-state index contributed by atoms with van der Waals surface area (Å²) in [7, 11) is 0. The highest BCUT2D eigenvalue weighted by atomic mass is 19.4. The predicted octanol–water partition coefficient (Wildman–Crippen LogP) is 7.54. The van der Waals surface area contributed by atoms with Crippen LogP contribution < -0.4 is 10.1 Å². The van der Waals surface area contributed by atoms with Crippen LogP contribution in [-0.2, 0) is 22.3 Å². The Balaban J connectivity index is 1.28.